The highest BCUT2D eigenvalue weighted by Crippen LogP contribution is 2.33. The van der Waals surface area contributed by atoms with Crippen LogP contribution in [-0.4, -0.2) is 25.4 Å². The van der Waals surface area contributed by atoms with Gasteiger partial charge >= 0.3 is 6.18 Å². The van der Waals surface area contributed by atoms with Crippen LogP contribution in [0.15, 0.2) is 49.1 Å². The van der Waals surface area contributed by atoms with Crippen molar-refractivity contribution in [3.8, 4) is 16.9 Å². The predicted octanol–water partition coefficient (Wildman–Crippen LogP) is 3.84. The van der Waals surface area contributed by atoms with Crippen LogP contribution < -0.4 is 5.73 Å². The summed E-state index contributed by atoms with van der Waals surface area (Å²) in [4.78, 5) is 23.3. The molecule has 0 aliphatic carbocycles. The summed E-state index contributed by atoms with van der Waals surface area (Å²) in [5.41, 5.74) is 7.20. The van der Waals surface area contributed by atoms with E-state index in [4.69, 9.17) is 5.73 Å². The molecular formula is C19H14F3N5O. The molecule has 0 aliphatic rings. The summed E-state index contributed by atoms with van der Waals surface area (Å²) < 4.78 is 40.9. The molecule has 1 amide bonds. The number of primary amides is 1. The van der Waals surface area contributed by atoms with Crippen LogP contribution in [0.3, 0.4) is 0 Å². The highest BCUT2D eigenvalue weighted by Gasteiger charge is 2.31. The Labute approximate surface area is 156 Å². The van der Waals surface area contributed by atoms with Crippen LogP contribution >= 0.6 is 0 Å². The van der Waals surface area contributed by atoms with Crippen LogP contribution in [0.4, 0.5) is 13.2 Å². The van der Waals surface area contributed by atoms with Gasteiger partial charge in [-0.05, 0) is 36.8 Å². The molecule has 142 valence electrons. The first-order chi connectivity index (χ1) is 13.3. The Hall–Kier alpha value is -3.62. The lowest BCUT2D eigenvalue weighted by Gasteiger charge is -2.14. The van der Waals surface area contributed by atoms with Gasteiger partial charge in [0.25, 0.3) is 5.91 Å². The van der Waals surface area contributed by atoms with Crippen molar-refractivity contribution in [2.45, 2.75) is 13.1 Å². The third-order valence-corrected chi connectivity index (χ3v) is 4.50. The number of nitrogens with two attached hydrogens (primary N) is 1. The van der Waals surface area contributed by atoms with E-state index in [0.717, 1.165) is 17.5 Å². The Morgan fingerprint density at radius 1 is 1.18 bits per heavy atom. The largest absolute Gasteiger partial charge is 0.416 e. The number of benzene rings is 1. The molecule has 6 nitrogen and oxygen atoms in total. The Kier molecular flexibility index (Phi) is 3.95. The minimum Gasteiger partial charge on any atom is -0.364 e. The molecule has 28 heavy (non-hydrogen) atoms. The number of carbonyl (C=O) groups is 1. The number of carbonyl (C=O) groups excluding carboxylic acids is 1. The van der Waals surface area contributed by atoms with E-state index in [1.54, 1.807) is 25.4 Å². The number of aromatic amines is 1. The first kappa shape index (κ1) is 17.8. The minimum absolute atomic E-state index is 0.0553. The number of halogens is 3. The lowest BCUT2D eigenvalue weighted by molar-refractivity contribution is -0.137. The van der Waals surface area contributed by atoms with Crippen molar-refractivity contribution in [1.29, 1.82) is 0 Å². The molecule has 1 aromatic carbocycles. The monoisotopic (exact) mass is 385 g/mol. The molecule has 0 saturated carbocycles. The lowest BCUT2D eigenvalue weighted by atomic mass is 10.1. The maximum Gasteiger partial charge on any atom is 0.416 e. The van der Waals surface area contributed by atoms with Gasteiger partial charge in [0.1, 0.15) is 17.7 Å². The van der Waals surface area contributed by atoms with Crippen LogP contribution in [0.5, 0.6) is 0 Å². The van der Waals surface area contributed by atoms with Crippen molar-refractivity contribution in [3.05, 3.63) is 65.9 Å². The Morgan fingerprint density at radius 3 is 2.68 bits per heavy atom. The number of aromatic nitrogens is 4. The standard InChI is InChI=1S/C19H14F3N5O/c1-10-2-3-12(19(20,21)22)7-14(10)27-8-11(6-15(27)17(23)28)16-13-4-5-24-18(13)26-9-25-16/h2-9H,1H3,(H2,23,28)(H,24,25,26). The Balaban J connectivity index is 1.94. The van der Waals surface area contributed by atoms with Gasteiger partial charge in [-0.2, -0.15) is 13.2 Å². The third kappa shape index (κ3) is 2.90. The number of nitrogens with zero attached hydrogens (tertiary/aromatic N) is 3. The van der Waals surface area contributed by atoms with Crippen LogP contribution in [0.1, 0.15) is 21.6 Å². The molecule has 0 fully saturated rings. The second-order valence-corrected chi connectivity index (χ2v) is 6.31. The second-order valence-electron chi connectivity index (χ2n) is 6.31. The number of H-pyrrole nitrogens is 1. The van der Waals surface area contributed by atoms with Crippen LogP contribution in [0, 0.1) is 6.92 Å². The lowest BCUT2D eigenvalue weighted by Crippen LogP contribution is -2.16. The predicted molar refractivity (Wildman–Crippen MR) is 96.9 cm³/mol. The number of alkyl halides is 3. The summed E-state index contributed by atoms with van der Waals surface area (Å²) in [7, 11) is 0. The van der Waals surface area contributed by atoms with Crippen LogP contribution in [0.2, 0.25) is 0 Å². The fourth-order valence-corrected chi connectivity index (χ4v) is 3.13. The highest BCUT2D eigenvalue weighted by atomic mass is 19.4. The summed E-state index contributed by atoms with van der Waals surface area (Å²) in [5.74, 6) is -0.762. The Bertz CT molecular complexity index is 1210. The molecule has 9 heteroatoms. The van der Waals surface area contributed by atoms with E-state index in [9.17, 15) is 18.0 Å². The number of hydrogen-bond acceptors (Lipinski definition) is 3. The highest BCUT2D eigenvalue weighted by molar-refractivity contribution is 5.96. The first-order valence-corrected chi connectivity index (χ1v) is 8.24. The SMILES string of the molecule is Cc1ccc(C(F)(F)F)cc1-n1cc(-c2ncnc3[nH]ccc23)cc1C(N)=O. The average Bonchev–Trinajstić information content (AvgIpc) is 3.28. The van der Waals surface area contributed by atoms with Gasteiger partial charge < -0.3 is 15.3 Å². The molecule has 0 bridgehead atoms. The zero-order chi connectivity index (χ0) is 20.1. The second kappa shape index (κ2) is 6.22. The molecule has 3 N–H and O–H groups in total. The first-order valence-electron chi connectivity index (χ1n) is 8.24. The van der Waals surface area contributed by atoms with Gasteiger partial charge in [0.05, 0.1) is 11.3 Å². The van der Waals surface area contributed by atoms with Crippen molar-refractivity contribution in [2.75, 3.05) is 0 Å². The summed E-state index contributed by atoms with van der Waals surface area (Å²) in [6, 6.07) is 6.65. The minimum atomic E-state index is -4.50. The molecule has 0 saturated heterocycles. The van der Waals surface area contributed by atoms with Crippen LogP contribution in [-0.2, 0) is 6.18 Å². The van der Waals surface area contributed by atoms with Gasteiger partial charge in [-0.15, -0.1) is 0 Å². The summed E-state index contributed by atoms with van der Waals surface area (Å²) in [6.45, 7) is 1.66. The van der Waals surface area contributed by atoms with E-state index in [1.807, 2.05) is 0 Å². The van der Waals surface area contributed by atoms with Crippen molar-refractivity contribution in [2.24, 2.45) is 5.73 Å². The van der Waals surface area contributed by atoms with E-state index < -0.39 is 17.6 Å². The smallest absolute Gasteiger partial charge is 0.364 e. The maximum atomic E-state index is 13.2. The Morgan fingerprint density at radius 2 is 1.96 bits per heavy atom. The number of fused-ring (bicyclic) bond motifs is 1. The molecule has 0 aliphatic heterocycles. The van der Waals surface area contributed by atoms with Crippen LogP contribution in [0.25, 0.3) is 28.0 Å². The van der Waals surface area contributed by atoms with Gasteiger partial charge in [0.2, 0.25) is 0 Å². The van der Waals surface area contributed by atoms with Gasteiger partial charge in [-0.3, -0.25) is 4.79 Å². The molecule has 4 aromatic rings. The zero-order valence-electron chi connectivity index (χ0n) is 14.6. The molecule has 3 aromatic heterocycles. The molecular weight excluding hydrogens is 371 g/mol. The van der Waals surface area contributed by atoms with E-state index in [-0.39, 0.29) is 11.4 Å². The van der Waals surface area contributed by atoms with Gasteiger partial charge in [-0.1, -0.05) is 6.07 Å². The van der Waals surface area contributed by atoms with E-state index in [0.29, 0.717) is 22.5 Å². The third-order valence-electron chi connectivity index (χ3n) is 4.50. The van der Waals surface area contributed by atoms with Crippen molar-refractivity contribution in [1.82, 2.24) is 19.5 Å². The number of amides is 1. The van der Waals surface area contributed by atoms with E-state index in [2.05, 4.69) is 15.0 Å². The molecule has 0 spiro atoms. The molecule has 3 heterocycles. The van der Waals surface area contributed by atoms with Crippen molar-refractivity contribution >= 4 is 16.9 Å². The zero-order valence-corrected chi connectivity index (χ0v) is 14.6. The summed E-state index contributed by atoms with van der Waals surface area (Å²) in [5, 5.41) is 0.719. The number of nitrogens with one attached hydrogen (secondary N) is 1. The van der Waals surface area contributed by atoms with Gasteiger partial charge in [0, 0.05) is 29.0 Å². The maximum absolute atomic E-state index is 13.2. The summed E-state index contributed by atoms with van der Waals surface area (Å²) >= 11 is 0. The van der Waals surface area contributed by atoms with E-state index in [1.165, 1.54) is 23.0 Å². The summed E-state index contributed by atoms with van der Waals surface area (Å²) in [6.07, 6.45) is 0.114. The molecule has 0 atom stereocenters. The van der Waals surface area contributed by atoms with E-state index >= 15 is 0 Å². The fourth-order valence-electron chi connectivity index (χ4n) is 3.13. The normalized spacial score (nSPS) is 11.9. The van der Waals surface area contributed by atoms with Gasteiger partial charge in [-0.25, -0.2) is 9.97 Å². The van der Waals surface area contributed by atoms with Crippen molar-refractivity contribution < 1.29 is 18.0 Å². The quantitative estimate of drug-likeness (QED) is 0.561. The average molecular weight is 385 g/mol. The molecule has 0 radical (unpaired) electrons. The van der Waals surface area contributed by atoms with Crippen molar-refractivity contribution in [3.63, 3.8) is 0 Å². The molecule has 0 unspecified atom stereocenters. The van der Waals surface area contributed by atoms with Gasteiger partial charge in [0.15, 0.2) is 0 Å². The fraction of sp³-hybridized carbons (Fsp3) is 0.105. The number of hydrogen-bond donors (Lipinski definition) is 2. The number of aryl methyl sites for hydroxylation is 1. The topological polar surface area (TPSA) is 89.6 Å². The number of rotatable bonds is 3. The molecule has 4 rings (SSSR count).